The molecule has 11 heteroatoms. The summed E-state index contributed by atoms with van der Waals surface area (Å²) in [6.45, 7) is 0. The van der Waals surface area contributed by atoms with Crippen LogP contribution >= 0.6 is 15.9 Å². The minimum atomic E-state index is -0.468. The van der Waals surface area contributed by atoms with E-state index in [2.05, 4.69) is 52.0 Å². The van der Waals surface area contributed by atoms with Crippen molar-refractivity contribution in [2.24, 2.45) is 5.10 Å². The molecular formula is C22H17BrN8O2. The first-order chi connectivity index (χ1) is 16.1. The number of nitro groups is 1. The number of hydrogen-bond acceptors (Lipinski definition) is 9. The summed E-state index contributed by atoms with van der Waals surface area (Å²) >= 11 is 3.16. The van der Waals surface area contributed by atoms with Crippen LogP contribution in [0.5, 0.6) is 0 Å². The maximum atomic E-state index is 11.1. The van der Waals surface area contributed by atoms with Gasteiger partial charge in [-0.15, -0.1) is 0 Å². The molecule has 4 aromatic rings. The highest BCUT2D eigenvalue weighted by Gasteiger charge is 2.11. The normalized spacial score (nSPS) is 10.7. The van der Waals surface area contributed by atoms with Crippen LogP contribution in [-0.4, -0.2) is 26.1 Å². The lowest BCUT2D eigenvalue weighted by molar-refractivity contribution is -0.385. The molecule has 0 aliphatic heterocycles. The molecule has 0 atom stereocenters. The molecule has 3 N–H and O–H groups in total. The fourth-order valence-corrected chi connectivity index (χ4v) is 3.14. The van der Waals surface area contributed by atoms with Crippen LogP contribution in [0, 0.1) is 10.1 Å². The summed E-state index contributed by atoms with van der Waals surface area (Å²) in [7, 11) is 0. The molecule has 0 saturated heterocycles. The predicted octanol–water partition coefficient (Wildman–Crippen LogP) is 5.48. The van der Waals surface area contributed by atoms with Crippen LogP contribution in [-0.2, 0) is 0 Å². The zero-order valence-corrected chi connectivity index (χ0v) is 18.6. The van der Waals surface area contributed by atoms with Gasteiger partial charge in [-0.05, 0) is 46.3 Å². The minimum absolute atomic E-state index is 0.0530. The molecule has 0 spiro atoms. The minimum Gasteiger partial charge on any atom is -0.324 e. The molecule has 0 bridgehead atoms. The SMILES string of the molecule is O=[N+]([O-])c1cc(C=NNc2nc(Nc3ccccc3)nc(Nc3ccccc3)n2)ccc1Br. The van der Waals surface area contributed by atoms with Gasteiger partial charge in [0.1, 0.15) is 0 Å². The average Bonchev–Trinajstić information content (AvgIpc) is 2.81. The lowest BCUT2D eigenvalue weighted by atomic mass is 10.2. The summed E-state index contributed by atoms with van der Waals surface area (Å²) in [5.41, 5.74) is 4.86. The second-order valence-electron chi connectivity index (χ2n) is 6.63. The zero-order valence-electron chi connectivity index (χ0n) is 17.0. The Hall–Kier alpha value is -4.38. The van der Waals surface area contributed by atoms with Gasteiger partial charge in [0.05, 0.1) is 15.6 Å². The van der Waals surface area contributed by atoms with E-state index < -0.39 is 4.92 Å². The quantitative estimate of drug-likeness (QED) is 0.163. The number of para-hydroxylation sites is 2. The Labute approximate surface area is 197 Å². The number of nitrogens with zero attached hydrogens (tertiary/aromatic N) is 5. The number of nitrogens with one attached hydrogen (secondary N) is 3. The first-order valence-corrected chi connectivity index (χ1v) is 10.5. The Balaban J connectivity index is 1.57. The highest BCUT2D eigenvalue weighted by Crippen LogP contribution is 2.25. The number of halogens is 1. The Bertz CT molecular complexity index is 1230. The Kier molecular flexibility index (Phi) is 6.81. The van der Waals surface area contributed by atoms with Gasteiger partial charge in [-0.25, -0.2) is 5.43 Å². The van der Waals surface area contributed by atoms with Gasteiger partial charge >= 0.3 is 0 Å². The second kappa shape index (κ2) is 10.3. The van der Waals surface area contributed by atoms with Crippen molar-refractivity contribution >= 4 is 57.1 Å². The van der Waals surface area contributed by atoms with E-state index in [1.807, 2.05) is 60.7 Å². The standard InChI is InChI=1S/C22H17BrN8O2/c23-18-12-11-15(13-19(18)31(32)33)14-24-30-22-28-20(25-16-7-3-1-4-8-16)27-21(29-22)26-17-9-5-2-6-10-17/h1-14H,(H3,25,26,27,28,29,30). The second-order valence-corrected chi connectivity index (χ2v) is 7.48. The van der Waals surface area contributed by atoms with Gasteiger partial charge in [0.2, 0.25) is 17.8 Å². The van der Waals surface area contributed by atoms with Gasteiger partial charge in [-0.1, -0.05) is 42.5 Å². The summed E-state index contributed by atoms with van der Waals surface area (Å²) in [4.78, 5) is 23.8. The number of anilines is 5. The van der Waals surface area contributed by atoms with Crippen LogP contribution < -0.4 is 16.1 Å². The Morgan fingerprint density at radius 2 is 1.36 bits per heavy atom. The molecule has 4 rings (SSSR count). The van der Waals surface area contributed by atoms with Crippen molar-refractivity contribution < 1.29 is 4.92 Å². The van der Waals surface area contributed by atoms with Crippen molar-refractivity contribution in [2.45, 2.75) is 0 Å². The summed E-state index contributed by atoms with van der Waals surface area (Å²) in [6.07, 6.45) is 1.44. The fourth-order valence-electron chi connectivity index (χ4n) is 2.75. The molecular weight excluding hydrogens is 488 g/mol. The third kappa shape index (κ3) is 6.08. The molecule has 1 heterocycles. The van der Waals surface area contributed by atoms with Gasteiger partial charge in [0.25, 0.3) is 5.69 Å². The van der Waals surface area contributed by atoms with Crippen LogP contribution in [0.25, 0.3) is 0 Å². The lowest BCUT2D eigenvalue weighted by Crippen LogP contribution is -2.07. The van der Waals surface area contributed by atoms with Crippen LogP contribution in [0.4, 0.5) is 34.9 Å². The maximum absolute atomic E-state index is 11.1. The summed E-state index contributed by atoms with van der Waals surface area (Å²) < 4.78 is 0.392. The molecule has 10 nitrogen and oxygen atoms in total. The number of aromatic nitrogens is 3. The van der Waals surface area contributed by atoms with Gasteiger partial charge in [-0.3, -0.25) is 10.1 Å². The molecule has 0 amide bonds. The summed E-state index contributed by atoms with van der Waals surface area (Å²) in [6, 6.07) is 23.7. The molecule has 3 aromatic carbocycles. The maximum Gasteiger partial charge on any atom is 0.284 e. The van der Waals surface area contributed by atoms with Crippen LogP contribution in [0.3, 0.4) is 0 Å². The van der Waals surface area contributed by atoms with E-state index in [0.717, 1.165) is 11.4 Å². The Morgan fingerprint density at radius 3 is 1.91 bits per heavy atom. The molecule has 0 aliphatic rings. The van der Waals surface area contributed by atoms with Gasteiger partial charge < -0.3 is 10.6 Å². The number of nitro benzene ring substituents is 1. The van der Waals surface area contributed by atoms with Crippen LogP contribution in [0.1, 0.15) is 5.56 Å². The van der Waals surface area contributed by atoms with Crippen molar-refractivity contribution in [1.29, 1.82) is 0 Å². The summed E-state index contributed by atoms with van der Waals surface area (Å²) in [5.74, 6) is 0.808. The van der Waals surface area contributed by atoms with E-state index in [4.69, 9.17) is 0 Å². The topological polar surface area (TPSA) is 130 Å². The smallest absolute Gasteiger partial charge is 0.284 e. The lowest BCUT2D eigenvalue weighted by Gasteiger charge is -2.10. The molecule has 0 radical (unpaired) electrons. The molecule has 164 valence electrons. The summed E-state index contributed by atoms with van der Waals surface area (Å²) in [5, 5.41) is 21.5. The van der Waals surface area contributed by atoms with Crippen molar-refractivity contribution in [3.05, 3.63) is 99.0 Å². The highest BCUT2D eigenvalue weighted by molar-refractivity contribution is 9.10. The number of hydrazone groups is 1. The first-order valence-electron chi connectivity index (χ1n) is 9.70. The molecule has 1 aromatic heterocycles. The molecule has 33 heavy (non-hydrogen) atoms. The van der Waals surface area contributed by atoms with E-state index >= 15 is 0 Å². The van der Waals surface area contributed by atoms with E-state index in [0.29, 0.717) is 21.9 Å². The van der Waals surface area contributed by atoms with Crippen molar-refractivity contribution in [3.8, 4) is 0 Å². The van der Waals surface area contributed by atoms with Crippen molar-refractivity contribution in [3.63, 3.8) is 0 Å². The zero-order chi connectivity index (χ0) is 23.0. The van der Waals surface area contributed by atoms with E-state index in [1.165, 1.54) is 12.3 Å². The molecule has 0 unspecified atom stereocenters. The predicted molar refractivity (Wildman–Crippen MR) is 131 cm³/mol. The van der Waals surface area contributed by atoms with E-state index in [1.54, 1.807) is 12.1 Å². The van der Waals surface area contributed by atoms with Crippen LogP contribution in [0.15, 0.2) is 88.4 Å². The Morgan fingerprint density at radius 1 is 0.818 bits per heavy atom. The van der Waals surface area contributed by atoms with Crippen LogP contribution in [0.2, 0.25) is 0 Å². The molecule has 0 saturated carbocycles. The largest absolute Gasteiger partial charge is 0.324 e. The van der Waals surface area contributed by atoms with Gasteiger partial charge in [0, 0.05) is 23.0 Å². The first kappa shape index (κ1) is 21.8. The average molecular weight is 505 g/mol. The van der Waals surface area contributed by atoms with Gasteiger partial charge in [0.15, 0.2) is 0 Å². The van der Waals surface area contributed by atoms with Crippen molar-refractivity contribution in [1.82, 2.24) is 15.0 Å². The van der Waals surface area contributed by atoms with E-state index in [-0.39, 0.29) is 11.6 Å². The fraction of sp³-hybridized carbons (Fsp3) is 0. The van der Waals surface area contributed by atoms with E-state index in [9.17, 15) is 10.1 Å². The van der Waals surface area contributed by atoms with Crippen molar-refractivity contribution in [2.75, 3.05) is 16.1 Å². The van der Waals surface area contributed by atoms with Gasteiger partial charge in [-0.2, -0.15) is 20.1 Å². The third-order valence-corrected chi connectivity index (χ3v) is 4.91. The number of hydrogen-bond donors (Lipinski definition) is 3. The number of benzene rings is 3. The third-order valence-electron chi connectivity index (χ3n) is 4.24. The number of rotatable bonds is 8. The monoisotopic (exact) mass is 504 g/mol. The highest BCUT2D eigenvalue weighted by atomic mass is 79.9. The molecule has 0 aliphatic carbocycles. The molecule has 0 fully saturated rings.